The number of nitrogen functional groups attached to an aromatic ring is 1. The molecule has 0 aliphatic heterocycles. The molecule has 0 fully saturated rings. The molecule has 5 heteroatoms. The molecule has 5 nitrogen and oxygen atoms in total. The summed E-state index contributed by atoms with van der Waals surface area (Å²) in [5.74, 6) is -0.205. The number of pyridine rings is 1. The van der Waals surface area contributed by atoms with Gasteiger partial charge in [-0.25, -0.2) is 0 Å². The van der Waals surface area contributed by atoms with Crippen LogP contribution in [0.1, 0.15) is 29.9 Å². The zero-order valence-corrected chi connectivity index (χ0v) is 10.4. The third kappa shape index (κ3) is 3.42. The van der Waals surface area contributed by atoms with Crippen LogP contribution in [-0.4, -0.2) is 28.6 Å². The first-order chi connectivity index (χ1) is 7.95. The number of carbonyl (C=O) groups excluding carboxylic acids is 1. The number of aryl methyl sites for hydroxylation is 1. The molecule has 0 saturated heterocycles. The summed E-state index contributed by atoms with van der Waals surface area (Å²) in [5.41, 5.74) is 7.17. The Balaban J connectivity index is 2.79. The van der Waals surface area contributed by atoms with E-state index in [1.165, 1.54) is 6.20 Å². The van der Waals surface area contributed by atoms with Crippen molar-refractivity contribution in [2.45, 2.75) is 26.8 Å². The van der Waals surface area contributed by atoms with Crippen molar-refractivity contribution in [1.29, 1.82) is 0 Å². The second-order valence-corrected chi connectivity index (χ2v) is 4.32. The van der Waals surface area contributed by atoms with E-state index < -0.39 is 0 Å². The standard InChI is InChI=1S/C12H19N3O2/c1-7(6-16)8(2)15-12(17)11-4-10(13)5-14-9(11)3/h4-5,7-8,16H,6,13H2,1-3H3,(H,15,17). The molecule has 94 valence electrons. The van der Waals surface area contributed by atoms with Crippen LogP contribution >= 0.6 is 0 Å². The molecule has 1 aromatic heterocycles. The first kappa shape index (κ1) is 13.4. The van der Waals surface area contributed by atoms with Gasteiger partial charge in [-0.3, -0.25) is 9.78 Å². The molecular formula is C12H19N3O2. The van der Waals surface area contributed by atoms with Gasteiger partial charge in [-0.05, 0) is 25.8 Å². The predicted molar refractivity (Wildman–Crippen MR) is 66.6 cm³/mol. The Morgan fingerprint density at radius 1 is 1.59 bits per heavy atom. The molecule has 0 aliphatic carbocycles. The molecule has 0 radical (unpaired) electrons. The Bertz CT molecular complexity index is 407. The molecule has 2 atom stereocenters. The summed E-state index contributed by atoms with van der Waals surface area (Å²) in [6.07, 6.45) is 1.52. The minimum absolute atomic E-state index is 0.00766. The third-order valence-corrected chi connectivity index (χ3v) is 2.85. The SMILES string of the molecule is Cc1ncc(N)cc1C(=O)NC(C)C(C)CO. The lowest BCUT2D eigenvalue weighted by Crippen LogP contribution is -2.38. The topological polar surface area (TPSA) is 88.2 Å². The highest BCUT2D eigenvalue weighted by atomic mass is 16.3. The van der Waals surface area contributed by atoms with Crippen molar-refractivity contribution in [1.82, 2.24) is 10.3 Å². The van der Waals surface area contributed by atoms with Crippen molar-refractivity contribution in [2.75, 3.05) is 12.3 Å². The molecule has 1 heterocycles. The Labute approximate surface area is 101 Å². The quantitative estimate of drug-likeness (QED) is 0.720. The number of nitrogens with two attached hydrogens (primary N) is 1. The van der Waals surface area contributed by atoms with E-state index in [9.17, 15) is 4.79 Å². The number of carbonyl (C=O) groups is 1. The lowest BCUT2D eigenvalue weighted by molar-refractivity contribution is 0.0915. The van der Waals surface area contributed by atoms with Crippen molar-refractivity contribution in [3.05, 3.63) is 23.5 Å². The van der Waals surface area contributed by atoms with Crippen LogP contribution in [-0.2, 0) is 0 Å². The summed E-state index contributed by atoms with van der Waals surface area (Å²) < 4.78 is 0. The van der Waals surface area contributed by atoms with Gasteiger partial charge in [0, 0.05) is 12.6 Å². The van der Waals surface area contributed by atoms with E-state index in [1.54, 1.807) is 13.0 Å². The number of amides is 1. The molecule has 2 unspecified atom stereocenters. The number of hydrogen-bond acceptors (Lipinski definition) is 4. The maximum Gasteiger partial charge on any atom is 0.253 e. The minimum Gasteiger partial charge on any atom is -0.397 e. The van der Waals surface area contributed by atoms with E-state index in [-0.39, 0.29) is 24.5 Å². The van der Waals surface area contributed by atoms with Gasteiger partial charge in [-0.2, -0.15) is 0 Å². The molecule has 4 N–H and O–H groups in total. The Hall–Kier alpha value is -1.62. The van der Waals surface area contributed by atoms with Crippen molar-refractivity contribution in [3.8, 4) is 0 Å². The van der Waals surface area contributed by atoms with Crippen LogP contribution in [0.5, 0.6) is 0 Å². The predicted octanol–water partition coefficient (Wildman–Crippen LogP) is 0.719. The van der Waals surface area contributed by atoms with Gasteiger partial charge in [0.15, 0.2) is 0 Å². The van der Waals surface area contributed by atoms with E-state index in [4.69, 9.17) is 10.8 Å². The van der Waals surface area contributed by atoms with Gasteiger partial charge >= 0.3 is 0 Å². The number of nitrogens with zero attached hydrogens (tertiary/aromatic N) is 1. The monoisotopic (exact) mass is 237 g/mol. The highest BCUT2D eigenvalue weighted by molar-refractivity contribution is 5.96. The van der Waals surface area contributed by atoms with Gasteiger partial charge in [0.1, 0.15) is 0 Å². The van der Waals surface area contributed by atoms with E-state index in [1.807, 2.05) is 13.8 Å². The highest BCUT2D eigenvalue weighted by Gasteiger charge is 2.16. The minimum atomic E-state index is -0.213. The molecule has 0 bridgehead atoms. The summed E-state index contributed by atoms with van der Waals surface area (Å²) in [6.45, 7) is 5.52. The normalized spacial score (nSPS) is 14.1. The van der Waals surface area contributed by atoms with Crippen molar-refractivity contribution >= 4 is 11.6 Å². The van der Waals surface area contributed by atoms with Crippen molar-refractivity contribution in [3.63, 3.8) is 0 Å². The van der Waals surface area contributed by atoms with Crippen molar-refractivity contribution < 1.29 is 9.90 Å². The average molecular weight is 237 g/mol. The van der Waals surface area contributed by atoms with Crippen LogP contribution in [0, 0.1) is 12.8 Å². The number of nitrogens with one attached hydrogen (secondary N) is 1. The number of anilines is 1. The number of hydrogen-bond donors (Lipinski definition) is 3. The fourth-order valence-corrected chi connectivity index (χ4v) is 1.36. The van der Waals surface area contributed by atoms with E-state index in [2.05, 4.69) is 10.3 Å². The first-order valence-electron chi connectivity index (χ1n) is 5.59. The van der Waals surface area contributed by atoms with Crippen LogP contribution < -0.4 is 11.1 Å². The summed E-state index contributed by atoms with van der Waals surface area (Å²) in [7, 11) is 0. The smallest absolute Gasteiger partial charge is 0.253 e. The number of aliphatic hydroxyl groups is 1. The Morgan fingerprint density at radius 3 is 2.82 bits per heavy atom. The molecule has 0 aliphatic rings. The fourth-order valence-electron chi connectivity index (χ4n) is 1.36. The van der Waals surface area contributed by atoms with E-state index >= 15 is 0 Å². The molecular weight excluding hydrogens is 218 g/mol. The van der Waals surface area contributed by atoms with Gasteiger partial charge in [0.2, 0.25) is 0 Å². The van der Waals surface area contributed by atoms with Gasteiger partial charge < -0.3 is 16.2 Å². The van der Waals surface area contributed by atoms with Gasteiger partial charge in [0.05, 0.1) is 23.1 Å². The number of aromatic nitrogens is 1. The van der Waals surface area contributed by atoms with Crippen LogP contribution in [0.15, 0.2) is 12.3 Å². The Morgan fingerprint density at radius 2 is 2.24 bits per heavy atom. The molecule has 1 amide bonds. The van der Waals surface area contributed by atoms with Crippen molar-refractivity contribution in [2.24, 2.45) is 5.92 Å². The van der Waals surface area contributed by atoms with Crippen LogP contribution in [0.25, 0.3) is 0 Å². The van der Waals surface area contributed by atoms with Gasteiger partial charge in [0.25, 0.3) is 5.91 Å². The molecule has 1 rings (SSSR count). The molecule has 0 saturated carbocycles. The lowest BCUT2D eigenvalue weighted by atomic mass is 10.0. The summed E-state index contributed by atoms with van der Waals surface area (Å²) in [4.78, 5) is 16.0. The number of aliphatic hydroxyl groups excluding tert-OH is 1. The van der Waals surface area contributed by atoms with Gasteiger partial charge in [-0.1, -0.05) is 6.92 Å². The Kier molecular flexibility index (Phi) is 4.45. The maximum absolute atomic E-state index is 12.0. The second-order valence-electron chi connectivity index (χ2n) is 4.32. The first-order valence-corrected chi connectivity index (χ1v) is 5.59. The fraction of sp³-hybridized carbons (Fsp3) is 0.500. The molecule has 0 aromatic carbocycles. The molecule has 0 spiro atoms. The second kappa shape index (κ2) is 5.63. The third-order valence-electron chi connectivity index (χ3n) is 2.85. The zero-order valence-electron chi connectivity index (χ0n) is 10.4. The zero-order chi connectivity index (χ0) is 13.0. The van der Waals surface area contributed by atoms with E-state index in [0.29, 0.717) is 16.9 Å². The van der Waals surface area contributed by atoms with Crippen LogP contribution in [0.4, 0.5) is 5.69 Å². The summed E-state index contributed by atoms with van der Waals surface area (Å²) >= 11 is 0. The maximum atomic E-state index is 12.0. The summed E-state index contributed by atoms with van der Waals surface area (Å²) in [5, 5.41) is 11.8. The summed E-state index contributed by atoms with van der Waals surface area (Å²) in [6, 6.07) is 1.50. The van der Waals surface area contributed by atoms with E-state index in [0.717, 1.165) is 0 Å². The molecule has 1 aromatic rings. The van der Waals surface area contributed by atoms with Crippen LogP contribution in [0.2, 0.25) is 0 Å². The average Bonchev–Trinajstić information content (AvgIpc) is 2.30. The lowest BCUT2D eigenvalue weighted by Gasteiger charge is -2.19. The van der Waals surface area contributed by atoms with Crippen LogP contribution in [0.3, 0.4) is 0 Å². The molecule has 17 heavy (non-hydrogen) atoms. The van der Waals surface area contributed by atoms with Gasteiger partial charge in [-0.15, -0.1) is 0 Å². The number of rotatable bonds is 4. The largest absolute Gasteiger partial charge is 0.397 e. The highest BCUT2D eigenvalue weighted by Crippen LogP contribution is 2.10.